The number of aliphatic hydroxyl groups is 1. The molecule has 0 amide bonds. The van der Waals surface area contributed by atoms with Gasteiger partial charge < -0.3 is 10.2 Å². The van der Waals surface area contributed by atoms with Crippen molar-refractivity contribution >= 4 is 41.7 Å². The normalized spacial score (nSPS) is 9.81. The van der Waals surface area contributed by atoms with E-state index in [-0.39, 0.29) is 25.5 Å². The van der Waals surface area contributed by atoms with E-state index < -0.39 is 27.3 Å². The molecule has 0 aliphatic rings. The molecule has 2 rings (SSSR count). The Kier molecular flexibility index (Phi) is 13.7. The van der Waals surface area contributed by atoms with Crippen LogP contribution in [0.4, 0.5) is 13.2 Å². The molecule has 0 heterocycles. The first-order chi connectivity index (χ1) is 11.4. The lowest BCUT2D eigenvalue weighted by molar-refractivity contribution is 0.320. The Hall–Kier alpha value is -1.10. The number of hydrogen-bond acceptors (Lipinski definition) is 4. The van der Waals surface area contributed by atoms with Gasteiger partial charge in [-0.3, -0.25) is 0 Å². The molecule has 26 heavy (non-hydrogen) atoms. The molecule has 0 spiro atoms. The number of halogens is 5. The fourth-order valence-electron chi connectivity index (χ4n) is 1.23. The van der Waals surface area contributed by atoms with Crippen LogP contribution in [0.15, 0.2) is 45.3 Å². The van der Waals surface area contributed by atoms with Crippen molar-refractivity contribution < 1.29 is 31.8 Å². The first-order valence-electron chi connectivity index (χ1n) is 6.48. The van der Waals surface area contributed by atoms with E-state index in [9.17, 15) is 21.6 Å². The SMILES string of the molecule is C.CS(=O)(=O)CCO.Fc1cc(F)cc(Br)c1.Oc1cc(F)cc(Br)c1. The van der Waals surface area contributed by atoms with E-state index in [2.05, 4.69) is 31.9 Å². The van der Waals surface area contributed by atoms with Crippen molar-refractivity contribution in [2.24, 2.45) is 0 Å². The monoisotopic (exact) mass is 522 g/mol. The Morgan fingerprint density at radius 3 is 1.50 bits per heavy atom. The Bertz CT molecular complexity index is 637. The van der Waals surface area contributed by atoms with Crippen molar-refractivity contribution in [2.75, 3.05) is 18.6 Å². The molecule has 0 saturated carbocycles. The zero-order valence-electron chi connectivity index (χ0n) is 12.9. The van der Waals surface area contributed by atoms with E-state index in [1.54, 1.807) is 0 Å². The molecule has 148 valence electrons. The molecule has 0 aliphatic heterocycles. The van der Waals surface area contributed by atoms with Gasteiger partial charge in [-0.25, -0.2) is 21.6 Å². The molecule has 0 radical (unpaired) electrons. The van der Waals surface area contributed by atoms with E-state index in [1.807, 2.05) is 0 Å². The van der Waals surface area contributed by atoms with Crippen LogP contribution in [-0.4, -0.2) is 37.2 Å². The van der Waals surface area contributed by atoms with Crippen LogP contribution in [0.3, 0.4) is 0 Å². The fraction of sp³-hybridized carbons (Fsp3) is 0.250. The van der Waals surface area contributed by atoms with Crippen LogP contribution < -0.4 is 0 Å². The van der Waals surface area contributed by atoms with Crippen LogP contribution in [0.2, 0.25) is 0 Å². The predicted molar refractivity (Wildman–Crippen MR) is 103 cm³/mol. The lowest BCUT2D eigenvalue weighted by Crippen LogP contribution is -2.05. The highest BCUT2D eigenvalue weighted by molar-refractivity contribution is 9.10. The Labute approximate surface area is 167 Å². The minimum atomic E-state index is -2.92. The Balaban J connectivity index is 0. The molecule has 2 N–H and O–H groups in total. The van der Waals surface area contributed by atoms with Gasteiger partial charge in [0.2, 0.25) is 0 Å². The Morgan fingerprint density at radius 1 is 0.885 bits per heavy atom. The van der Waals surface area contributed by atoms with E-state index in [0.717, 1.165) is 18.4 Å². The summed E-state index contributed by atoms with van der Waals surface area (Å²) in [6, 6.07) is 6.96. The molecule has 0 fully saturated rings. The van der Waals surface area contributed by atoms with Crippen LogP contribution in [-0.2, 0) is 9.84 Å². The van der Waals surface area contributed by atoms with Gasteiger partial charge in [-0.2, -0.15) is 0 Å². The zero-order chi connectivity index (χ0) is 19.6. The van der Waals surface area contributed by atoms with Gasteiger partial charge in [0.05, 0.1) is 12.4 Å². The van der Waals surface area contributed by atoms with Crippen LogP contribution in [0.1, 0.15) is 7.43 Å². The minimum Gasteiger partial charge on any atom is -0.508 e. The maximum Gasteiger partial charge on any atom is 0.149 e. The number of sulfone groups is 1. The topological polar surface area (TPSA) is 74.6 Å². The maximum absolute atomic E-state index is 12.2. The summed E-state index contributed by atoms with van der Waals surface area (Å²) in [5.74, 6) is -1.78. The molecule has 2 aromatic carbocycles. The number of phenols is 1. The quantitative estimate of drug-likeness (QED) is 0.599. The van der Waals surface area contributed by atoms with E-state index >= 15 is 0 Å². The molecule has 4 nitrogen and oxygen atoms in total. The molecule has 2 aromatic rings. The van der Waals surface area contributed by atoms with Gasteiger partial charge in [-0.15, -0.1) is 0 Å². The van der Waals surface area contributed by atoms with Crippen LogP contribution >= 0.6 is 31.9 Å². The molecule has 10 heteroatoms. The van der Waals surface area contributed by atoms with Gasteiger partial charge in [0.15, 0.2) is 0 Å². The van der Waals surface area contributed by atoms with Crippen LogP contribution in [0.25, 0.3) is 0 Å². The van der Waals surface area contributed by atoms with E-state index in [4.69, 9.17) is 10.2 Å². The van der Waals surface area contributed by atoms with E-state index in [0.29, 0.717) is 8.95 Å². The first kappa shape index (κ1) is 27.1. The molecule has 0 aliphatic carbocycles. The number of phenolic OH excluding ortho intramolecular Hbond substituents is 1. The summed E-state index contributed by atoms with van der Waals surface area (Å²) in [6.45, 7) is -0.279. The molecule has 0 saturated heterocycles. The third-order valence-corrected chi connectivity index (χ3v) is 3.98. The molecule has 0 bridgehead atoms. The highest BCUT2D eigenvalue weighted by Gasteiger charge is 1.97. The molecule has 0 aromatic heterocycles. The number of benzene rings is 2. The van der Waals surface area contributed by atoms with Gasteiger partial charge in [0.25, 0.3) is 0 Å². The summed E-state index contributed by atoms with van der Waals surface area (Å²) in [5, 5.41) is 16.7. The second kappa shape index (κ2) is 13.1. The summed E-state index contributed by atoms with van der Waals surface area (Å²) >= 11 is 5.95. The number of hydrogen-bond donors (Lipinski definition) is 2. The summed E-state index contributed by atoms with van der Waals surface area (Å²) in [4.78, 5) is 0. The van der Waals surface area contributed by atoms with Gasteiger partial charge in [0.1, 0.15) is 33.0 Å². The summed E-state index contributed by atoms with van der Waals surface area (Å²) < 4.78 is 57.7. The number of aliphatic hydroxyl groups excluding tert-OH is 1. The van der Waals surface area contributed by atoms with Crippen LogP contribution in [0, 0.1) is 17.5 Å². The summed E-state index contributed by atoms with van der Waals surface area (Å²) in [6.07, 6.45) is 1.09. The minimum absolute atomic E-state index is 0. The highest BCUT2D eigenvalue weighted by Crippen LogP contribution is 2.18. The van der Waals surface area contributed by atoms with Gasteiger partial charge in [0, 0.05) is 27.3 Å². The number of aromatic hydroxyl groups is 1. The van der Waals surface area contributed by atoms with Crippen molar-refractivity contribution in [1.82, 2.24) is 0 Å². The van der Waals surface area contributed by atoms with Crippen molar-refractivity contribution in [3.8, 4) is 5.75 Å². The highest BCUT2D eigenvalue weighted by atomic mass is 79.9. The Morgan fingerprint density at radius 2 is 1.27 bits per heavy atom. The van der Waals surface area contributed by atoms with Crippen molar-refractivity contribution in [3.63, 3.8) is 0 Å². The average Bonchev–Trinajstić information content (AvgIpc) is 2.34. The lowest BCUT2D eigenvalue weighted by Gasteiger charge is -1.91. The molecule has 0 unspecified atom stereocenters. The van der Waals surface area contributed by atoms with Gasteiger partial charge in [-0.05, 0) is 24.3 Å². The second-order valence-electron chi connectivity index (χ2n) is 4.57. The third kappa shape index (κ3) is 15.2. The fourth-order valence-corrected chi connectivity index (χ4v) is 2.45. The standard InChI is InChI=1S/C6H3BrF2.C6H4BrFO.C3H8O3S.CH4/c2*7-4-1-5(8)3-6(9)2-4;1-7(5,6)3-2-4;/h1-3H;1-3,9H;4H,2-3H2,1H3;1H4. The third-order valence-electron chi connectivity index (χ3n) is 2.14. The molecule has 0 atom stereocenters. The van der Waals surface area contributed by atoms with Crippen molar-refractivity contribution in [1.29, 1.82) is 0 Å². The summed E-state index contributed by atoms with van der Waals surface area (Å²) in [5.41, 5.74) is 0. The van der Waals surface area contributed by atoms with Gasteiger partial charge in [-0.1, -0.05) is 39.3 Å². The zero-order valence-corrected chi connectivity index (χ0v) is 16.9. The van der Waals surface area contributed by atoms with Crippen molar-refractivity contribution in [2.45, 2.75) is 7.43 Å². The van der Waals surface area contributed by atoms with Gasteiger partial charge >= 0.3 is 0 Å². The number of rotatable bonds is 2. The average molecular weight is 524 g/mol. The lowest BCUT2D eigenvalue weighted by atomic mass is 10.3. The summed E-state index contributed by atoms with van der Waals surface area (Å²) in [7, 11) is -2.92. The van der Waals surface area contributed by atoms with E-state index in [1.165, 1.54) is 24.3 Å². The molecular formula is C16H19Br2F3O4S. The molecular weight excluding hydrogens is 505 g/mol. The predicted octanol–water partition coefficient (Wildman–Crippen LogP) is 4.68. The maximum atomic E-state index is 12.2. The first-order valence-corrected chi connectivity index (χ1v) is 10.1. The second-order valence-corrected chi connectivity index (χ2v) is 8.66. The smallest absolute Gasteiger partial charge is 0.149 e. The van der Waals surface area contributed by atoms with Crippen LogP contribution in [0.5, 0.6) is 5.75 Å². The largest absolute Gasteiger partial charge is 0.508 e. The van der Waals surface area contributed by atoms with Crippen molar-refractivity contribution in [3.05, 3.63) is 62.8 Å².